The van der Waals surface area contributed by atoms with Gasteiger partial charge in [0.2, 0.25) is 0 Å². The monoisotopic (exact) mass is 270 g/mol. The summed E-state index contributed by atoms with van der Waals surface area (Å²) in [6.45, 7) is 6.72. The first kappa shape index (κ1) is 14.4. The number of rotatable bonds is 5. The highest BCUT2D eigenvalue weighted by Crippen LogP contribution is 2.29. The summed E-state index contributed by atoms with van der Waals surface area (Å²) in [5.41, 5.74) is 1.53. The van der Waals surface area contributed by atoms with Gasteiger partial charge in [-0.05, 0) is 35.6 Å². The van der Waals surface area contributed by atoms with Gasteiger partial charge in [0.1, 0.15) is 17.3 Å². The number of aromatic nitrogens is 1. The van der Waals surface area contributed by atoms with Crippen molar-refractivity contribution in [3.05, 3.63) is 48.2 Å². The molecule has 0 saturated heterocycles. The van der Waals surface area contributed by atoms with Crippen molar-refractivity contribution in [2.45, 2.75) is 32.6 Å². The normalized spacial score (nSPS) is 11.2. The van der Waals surface area contributed by atoms with Crippen molar-refractivity contribution in [3.8, 4) is 11.5 Å². The molecular formula is C17H22N2O. The maximum Gasteiger partial charge on any atom is 0.132 e. The summed E-state index contributed by atoms with van der Waals surface area (Å²) in [4.78, 5) is 4.17. The molecule has 0 aliphatic rings. The van der Waals surface area contributed by atoms with Gasteiger partial charge in [0.25, 0.3) is 0 Å². The van der Waals surface area contributed by atoms with Crippen LogP contribution in [0.2, 0.25) is 0 Å². The summed E-state index contributed by atoms with van der Waals surface area (Å²) in [6.07, 6.45) is 2.85. The molecule has 0 unspecified atom stereocenters. The van der Waals surface area contributed by atoms with E-state index in [2.05, 4.69) is 43.2 Å². The molecule has 20 heavy (non-hydrogen) atoms. The Labute approximate surface area is 121 Å². The van der Waals surface area contributed by atoms with Gasteiger partial charge in [-0.2, -0.15) is 0 Å². The van der Waals surface area contributed by atoms with Crippen molar-refractivity contribution >= 4 is 5.82 Å². The van der Waals surface area contributed by atoms with Crippen molar-refractivity contribution in [1.29, 1.82) is 0 Å². The first-order chi connectivity index (χ1) is 9.55. The highest BCUT2D eigenvalue weighted by molar-refractivity contribution is 5.42. The minimum absolute atomic E-state index is 0.203. The number of anilines is 1. The fraction of sp³-hybridized carbons (Fsp3) is 0.353. The molecule has 3 heteroatoms. The Balaban J connectivity index is 2.14. The number of ether oxygens (including phenoxy) is 1. The van der Waals surface area contributed by atoms with Crippen LogP contribution < -0.4 is 10.1 Å². The van der Waals surface area contributed by atoms with Crippen LogP contribution in [0.3, 0.4) is 0 Å². The molecule has 3 nitrogen and oxygen atoms in total. The molecule has 0 spiro atoms. The number of nitrogens with zero attached hydrogens (tertiary/aromatic N) is 1. The second-order valence-corrected chi connectivity index (χ2v) is 5.49. The second kappa shape index (κ2) is 5.95. The Morgan fingerprint density at radius 1 is 1.10 bits per heavy atom. The van der Waals surface area contributed by atoms with E-state index in [9.17, 15) is 0 Å². The highest BCUT2D eigenvalue weighted by atomic mass is 16.5. The van der Waals surface area contributed by atoms with Crippen LogP contribution in [0.25, 0.3) is 0 Å². The van der Waals surface area contributed by atoms with Crippen molar-refractivity contribution < 1.29 is 4.74 Å². The topological polar surface area (TPSA) is 34.1 Å². The standard InChI is InChI=1S/C17H22N2O/c1-5-17(2,3)13-6-8-14(9-7-13)20-15-10-11-19-16(12-15)18-4/h6-12H,5H2,1-4H3,(H,18,19). The van der Waals surface area contributed by atoms with E-state index in [0.29, 0.717) is 0 Å². The van der Waals surface area contributed by atoms with E-state index in [-0.39, 0.29) is 5.41 Å². The summed E-state index contributed by atoms with van der Waals surface area (Å²) in [5.74, 6) is 2.42. The van der Waals surface area contributed by atoms with Crippen LogP contribution in [0.5, 0.6) is 11.5 Å². The fourth-order valence-electron chi connectivity index (χ4n) is 1.93. The molecule has 0 aliphatic heterocycles. The maximum absolute atomic E-state index is 5.84. The summed E-state index contributed by atoms with van der Waals surface area (Å²) >= 11 is 0. The molecular weight excluding hydrogens is 248 g/mol. The van der Waals surface area contributed by atoms with Crippen LogP contribution in [-0.2, 0) is 5.41 Å². The molecule has 1 N–H and O–H groups in total. The lowest BCUT2D eigenvalue weighted by molar-refractivity contribution is 0.478. The fourth-order valence-corrected chi connectivity index (χ4v) is 1.93. The second-order valence-electron chi connectivity index (χ2n) is 5.49. The zero-order chi connectivity index (χ0) is 14.6. The zero-order valence-electron chi connectivity index (χ0n) is 12.6. The van der Waals surface area contributed by atoms with Crippen LogP contribution >= 0.6 is 0 Å². The van der Waals surface area contributed by atoms with E-state index in [1.807, 2.05) is 31.3 Å². The lowest BCUT2D eigenvalue weighted by Crippen LogP contribution is -2.14. The minimum atomic E-state index is 0.203. The molecule has 1 heterocycles. The van der Waals surface area contributed by atoms with Gasteiger partial charge in [-0.1, -0.05) is 32.9 Å². The Hall–Kier alpha value is -2.03. The van der Waals surface area contributed by atoms with Crippen molar-refractivity contribution in [3.63, 3.8) is 0 Å². The van der Waals surface area contributed by atoms with E-state index >= 15 is 0 Å². The lowest BCUT2D eigenvalue weighted by Gasteiger charge is -2.23. The largest absolute Gasteiger partial charge is 0.457 e. The van der Waals surface area contributed by atoms with Crippen LogP contribution in [0.1, 0.15) is 32.8 Å². The van der Waals surface area contributed by atoms with E-state index in [0.717, 1.165) is 23.7 Å². The summed E-state index contributed by atoms with van der Waals surface area (Å²) in [7, 11) is 1.84. The first-order valence-corrected chi connectivity index (χ1v) is 6.97. The Kier molecular flexibility index (Phi) is 4.28. The Morgan fingerprint density at radius 2 is 1.80 bits per heavy atom. The third-order valence-corrected chi connectivity index (χ3v) is 3.74. The molecule has 0 amide bonds. The molecule has 2 aromatic rings. The van der Waals surface area contributed by atoms with Gasteiger partial charge < -0.3 is 10.1 Å². The van der Waals surface area contributed by atoms with E-state index in [1.165, 1.54) is 5.56 Å². The third kappa shape index (κ3) is 3.29. The average Bonchev–Trinajstić information content (AvgIpc) is 2.48. The molecule has 0 fully saturated rings. The minimum Gasteiger partial charge on any atom is -0.457 e. The molecule has 0 saturated carbocycles. The number of benzene rings is 1. The van der Waals surface area contributed by atoms with Crippen LogP contribution in [0, 0.1) is 0 Å². The van der Waals surface area contributed by atoms with E-state index in [1.54, 1.807) is 6.20 Å². The van der Waals surface area contributed by atoms with Gasteiger partial charge in [-0.3, -0.25) is 0 Å². The first-order valence-electron chi connectivity index (χ1n) is 6.97. The summed E-state index contributed by atoms with van der Waals surface area (Å²) in [5, 5.41) is 3.00. The quantitative estimate of drug-likeness (QED) is 0.862. The molecule has 106 valence electrons. The zero-order valence-corrected chi connectivity index (χ0v) is 12.6. The van der Waals surface area contributed by atoms with Gasteiger partial charge >= 0.3 is 0 Å². The van der Waals surface area contributed by atoms with E-state index < -0.39 is 0 Å². The van der Waals surface area contributed by atoms with E-state index in [4.69, 9.17) is 4.74 Å². The van der Waals surface area contributed by atoms with Gasteiger partial charge in [0.15, 0.2) is 0 Å². The van der Waals surface area contributed by atoms with Crippen LogP contribution in [0.4, 0.5) is 5.82 Å². The third-order valence-electron chi connectivity index (χ3n) is 3.74. The van der Waals surface area contributed by atoms with Crippen molar-refractivity contribution in [1.82, 2.24) is 4.98 Å². The number of pyridine rings is 1. The molecule has 1 aromatic carbocycles. The predicted octanol–water partition coefficient (Wildman–Crippen LogP) is 4.60. The molecule has 2 rings (SSSR count). The molecule has 0 radical (unpaired) electrons. The van der Waals surface area contributed by atoms with Crippen LogP contribution in [0.15, 0.2) is 42.6 Å². The van der Waals surface area contributed by atoms with Gasteiger partial charge in [-0.15, -0.1) is 0 Å². The smallest absolute Gasteiger partial charge is 0.132 e. The lowest BCUT2D eigenvalue weighted by atomic mass is 9.82. The number of hydrogen-bond donors (Lipinski definition) is 1. The average molecular weight is 270 g/mol. The molecule has 0 atom stereocenters. The maximum atomic E-state index is 5.84. The SMILES string of the molecule is CCC(C)(C)c1ccc(Oc2ccnc(NC)c2)cc1. The Bertz CT molecular complexity index is 561. The Morgan fingerprint density at radius 3 is 2.40 bits per heavy atom. The number of nitrogens with one attached hydrogen (secondary N) is 1. The molecule has 0 aliphatic carbocycles. The van der Waals surface area contributed by atoms with Gasteiger partial charge in [-0.25, -0.2) is 4.98 Å². The van der Waals surface area contributed by atoms with Gasteiger partial charge in [0.05, 0.1) is 0 Å². The molecule has 0 bridgehead atoms. The predicted molar refractivity (Wildman–Crippen MR) is 83.6 cm³/mol. The van der Waals surface area contributed by atoms with Gasteiger partial charge in [0, 0.05) is 19.3 Å². The van der Waals surface area contributed by atoms with Crippen molar-refractivity contribution in [2.75, 3.05) is 12.4 Å². The van der Waals surface area contributed by atoms with Crippen molar-refractivity contribution in [2.24, 2.45) is 0 Å². The number of hydrogen-bond acceptors (Lipinski definition) is 3. The molecule has 1 aromatic heterocycles. The summed E-state index contributed by atoms with van der Waals surface area (Å²) in [6, 6.07) is 12.0. The summed E-state index contributed by atoms with van der Waals surface area (Å²) < 4.78 is 5.84. The highest BCUT2D eigenvalue weighted by Gasteiger charge is 2.17. The van der Waals surface area contributed by atoms with Crippen LogP contribution in [-0.4, -0.2) is 12.0 Å².